The van der Waals surface area contributed by atoms with Crippen LogP contribution in [0, 0.1) is 24.7 Å². The van der Waals surface area contributed by atoms with Gasteiger partial charge in [-0.2, -0.15) is 0 Å². The van der Waals surface area contributed by atoms with E-state index >= 15 is 0 Å². The molecule has 1 fully saturated rings. The van der Waals surface area contributed by atoms with E-state index in [0.29, 0.717) is 24.7 Å². The maximum absolute atomic E-state index is 11.7. The summed E-state index contributed by atoms with van der Waals surface area (Å²) in [6, 6.07) is 8.25. The third-order valence-corrected chi connectivity index (χ3v) is 6.92. The summed E-state index contributed by atoms with van der Waals surface area (Å²) in [7, 11) is 3.62. The Morgan fingerprint density at radius 2 is 2.06 bits per heavy atom. The minimum absolute atomic E-state index is 0.128. The predicted octanol–water partition coefficient (Wildman–Crippen LogP) is 4.44. The molecule has 4 nitrogen and oxygen atoms in total. The molecule has 0 aliphatic heterocycles. The molecule has 2 aliphatic rings. The second-order valence-corrected chi connectivity index (χ2v) is 9.73. The van der Waals surface area contributed by atoms with Crippen molar-refractivity contribution >= 4 is 5.91 Å². The lowest BCUT2D eigenvalue weighted by molar-refractivity contribution is -0.128. The van der Waals surface area contributed by atoms with Crippen LogP contribution < -0.4 is 0 Å². The third-order valence-electron chi connectivity index (χ3n) is 6.92. The second kappa shape index (κ2) is 11.1. The largest absolute Gasteiger partial charge is 0.392 e. The molecule has 1 aromatic rings. The van der Waals surface area contributed by atoms with Gasteiger partial charge in [-0.25, -0.2) is 0 Å². The number of carbonyl (C=O) groups is 1. The van der Waals surface area contributed by atoms with Gasteiger partial charge in [0, 0.05) is 32.9 Å². The number of carbonyl (C=O) groups excluding carboxylic acids is 1. The minimum Gasteiger partial charge on any atom is -0.392 e. The fourth-order valence-electron chi connectivity index (χ4n) is 5.22. The highest BCUT2D eigenvalue weighted by atomic mass is 16.3. The van der Waals surface area contributed by atoms with Gasteiger partial charge in [-0.1, -0.05) is 60.1 Å². The van der Waals surface area contributed by atoms with Crippen molar-refractivity contribution in [3.05, 3.63) is 59.2 Å². The molecule has 31 heavy (non-hydrogen) atoms. The van der Waals surface area contributed by atoms with Crippen molar-refractivity contribution in [2.75, 3.05) is 14.1 Å². The fraction of sp³-hybridized carbons (Fsp3) is 0.593. The third kappa shape index (κ3) is 6.78. The van der Waals surface area contributed by atoms with Crippen LogP contribution >= 0.6 is 0 Å². The van der Waals surface area contributed by atoms with E-state index in [-0.39, 0.29) is 17.9 Å². The highest BCUT2D eigenvalue weighted by Gasteiger charge is 2.43. The second-order valence-electron chi connectivity index (χ2n) is 9.73. The van der Waals surface area contributed by atoms with Gasteiger partial charge in [-0.3, -0.25) is 4.79 Å². The van der Waals surface area contributed by atoms with E-state index in [0.717, 1.165) is 44.1 Å². The van der Waals surface area contributed by atoms with Gasteiger partial charge in [0.1, 0.15) is 0 Å². The van der Waals surface area contributed by atoms with Gasteiger partial charge in [0.05, 0.1) is 12.2 Å². The van der Waals surface area contributed by atoms with E-state index in [9.17, 15) is 15.0 Å². The molecule has 2 N–H and O–H groups in total. The normalized spacial score (nSPS) is 26.2. The summed E-state index contributed by atoms with van der Waals surface area (Å²) in [4.78, 5) is 13.3. The number of hydrogen-bond acceptors (Lipinski definition) is 3. The van der Waals surface area contributed by atoms with Gasteiger partial charge in [0.2, 0.25) is 5.91 Å². The Kier molecular flexibility index (Phi) is 8.50. The monoisotopic (exact) mass is 425 g/mol. The van der Waals surface area contributed by atoms with Gasteiger partial charge in [-0.15, -0.1) is 0 Å². The van der Waals surface area contributed by atoms with E-state index < -0.39 is 6.10 Å². The first-order chi connectivity index (χ1) is 14.8. The molecule has 0 radical (unpaired) electrons. The van der Waals surface area contributed by atoms with E-state index in [1.165, 1.54) is 11.1 Å². The molecule has 0 bridgehead atoms. The molecule has 4 heteroatoms. The van der Waals surface area contributed by atoms with Crippen molar-refractivity contribution in [1.29, 1.82) is 0 Å². The zero-order valence-electron chi connectivity index (χ0n) is 19.3. The van der Waals surface area contributed by atoms with Gasteiger partial charge < -0.3 is 15.1 Å². The zero-order valence-corrected chi connectivity index (χ0v) is 19.3. The van der Waals surface area contributed by atoms with Crippen molar-refractivity contribution in [3.63, 3.8) is 0 Å². The lowest BCUT2D eigenvalue weighted by atomic mass is 9.88. The van der Waals surface area contributed by atoms with E-state index in [4.69, 9.17) is 0 Å². The van der Waals surface area contributed by atoms with Crippen LogP contribution in [0.2, 0.25) is 0 Å². The SMILES string of the molecule is Cc1cccc(C[C@H](O)/C=C/[C@@H]2[C@H]3CC(CCCCCC(=O)N(C)C)=C[C@H]3C[C@H]2O)c1. The first kappa shape index (κ1) is 23.7. The fourth-order valence-corrected chi connectivity index (χ4v) is 5.22. The zero-order chi connectivity index (χ0) is 22.4. The van der Waals surface area contributed by atoms with Crippen molar-refractivity contribution in [2.24, 2.45) is 17.8 Å². The van der Waals surface area contributed by atoms with Gasteiger partial charge in [-0.05, 0) is 56.4 Å². The average molecular weight is 426 g/mol. The molecule has 2 aliphatic carbocycles. The maximum atomic E-state index is 11.7. The van der Waals surface area contributed by atoms with Crippen molar-refractivity contribution in [1.82, 2.24) is 4.90 Å². The number of allylic oxidation sites excluding steroid dienone is 2. The summed E-state index contributed by atoms with van der Waals surface area (Å²) in [5, 5.41) is 21.0. The first-order valence-electron chi connectivity index (χ1n) is 11.8. The number of rotatable bonds is 10. The summed E-state index contributed by atoms with van der Waals surface area (Å²) in [6.45, 7) is 2.06. The standard InChI is InChI=1S/C27H39NO3/c1-19-8-7-10-20(14-19)16-23(29)12-13-24-25-17-21(15-22(25)18-26(24)30)9-5-4-6-11-27(31)28(2)3/h7-8,10,12-15,22-26,29-30H,4-6,9,11,16-18H2,1-3H3/b13-12+/t22-,23+,24+,25-,26+/m0/s1. The number of unbranched alkanes of at least 4 members (excludes halogenated alkanes) is 2. The lowest BCUT2D eigenvalue weighted by Crippen LogP contribution is -2.20. The summed E-state index contributed by atoms with van der Waals surface area (Å²) in [6.07, 6.45) is 12.9. The van der Waals surface area contributed by atoms with Crippen molar-refractivity contribution in [2.45, 2.75) is 70.5 Å². The highest BCUT2D eigenvalue weighted by Crippen LogP contribution is 2.48. The van der Waals surface area contributed by atoms with Crippen LogP contribution in [0.3, 0.4) is 0 Å². The molecule has 0 heterocycles. The van der Waals surface area contributed by atoms with Crippen LogP contribution in [0.25, 0.3) is 0 Å². The number of fused-ring (bicyclic) bond motifs is 1. The van der Waals surface area contributed by atoms with Crippen LogP contribution in [0.4, 0.5) is 0 Å². The summed E-state index contributed by atoms with van der Waals surface area (Å²) >= 11 is 0. The van der Waals surface area contributed by atoms with Gasteiger partial charge in [0.25, 0.3) is 0 Å². The Labute approximate surface area is 187 Å². The van der Waals surface area contributed by atoms with Gasteiger partial charge >= 0.3 is 0 Å². The molecular weight excluding hydrogens is 386 g/mol. The average Bonchev–Trinajstić information content (AvgIpc) is 3.22. The highest BCUT2D eigenvalue weighted by molar-refractivity contribution is 5.75. The van der Waals surface area contributed by atoms with Gasteiger partial charge in [0.15, 0.2) is 0 Å². The molecule has 5 atom stereocenters. The quantitative estimate of drug-likeness (QED) is 0.430. The molecule has 0 saturated heterocycles. The summed E-state index contributed by atoms with van der Waals surface area (Å²) < 4.78 is 0. The number of aliphatic hydroxyl groups is 2. The smallest absolute Gasteiger partial charge is 0.222 e. The van der Waals surface area contributed by atoms with Crippen LogP contribution in [-0.4, -0.2) is 47.3 Å². The molecule has 0 unspecified atom stereocenters. The molecule has 1 aromatic carbocycles. The number of amides is 1. The van der Waals surface area contributed by atoms with Crippen LogP contribution in [0.5, 0.6) is 0 Å². The van der Waals surface area contributed by atoms with Crippen LogP contribution in [-0.2, 0) is 11.2 Å². The molecule has 170 valence electrons. The first-order valence-corrected chi connectivity index (χ1v) is 11.8. The summed E-state index contributed by atoms with van der Waals surface area (Å²) in [5.74, 6) is 1.26. The topological polar surface area (TPSA) is 60.8 Å². The summed E-state index contributed by atoms with van der Waals surface area (Å²) in [5.41, 5.74) is 3.86. The Morgan fingerprint density at radius 1 is 1.26 bits per heavy atom. The molecular formula is C27H39NO3. The number of aryl methyl sites for hydroxylation is 1. The Balaban J connectivity index is 1.44. The molecule has 0 aromatic heterocycles. The van der Waals surface area contributed by atoms with Crippen molar-refractivity contribution < 1.29 is 15.0 Å². The maximum Gasteiger partial charge on any atom is 0.222 e. The number of benzene rings is 1. The number of hydrogen-bond donors (Lipinski definition) is 2. The molecule has 0 spiro atoms. The number of aliphatic hydroxyl groups excluding tert-OH is 2. The molecule has 3 rings (SSSR count). The van der Waals surface area contributed by atoms with Crippen LogP contribution in [0.1, 0.15) is 56.1 Å². The molecule has 1 amide bonds. The van der Waals surface area contributed by atoms with E-state index in [2.05, 4.69) is 31.2 Å². The number of nitrogens with zero attached hydrogens (tertiary/aromatic N) is 1. The van der Waals surface area contributed by atoms with E-state index in [1.54, 1.807) is 4.90 Å². The minimum atomic E-state index is -0.522. The van der Waals surface area contributed by atoms with Crippen molar-refractivity contribution in [3.8, 4) is 0 Å². The Bertz CT molecular complexity index is 797. The predicted molar refractivity (Wildman–Crippen MR) is 126 cm³/mol. The Hall–Kier alpha value is -1.91. The van der Waals surface area contributed by atoms with Crippen LogP contribution in [0.15, 0.2) is 48.1 Å². The lowest BCUT2D eigenvalue weighted by Gasteiger charge is -2.19. The molecule has 1 saturated carbocycles. The Morgan fingerprint density at radius 3 is 2.81 bits per heavy atom. The van der Waals surface area contributed by atoms with E-state index in [1.807, 2.05) is 32.3 Å².